The molecule has 0 bridgehead atoms. The first-order valence-corrected chi connectivity index (χ1v) is 6.29. The van der Waals surface area contributed by atoms with Crippen molar-refractivity contribution in [2.75, 3.05) is 4.90 Å². The largest absolute Gasteiger partial charge is 0.339 e. The third kappa shape index (κ3) is 1.74. The van der Waals surface area contributed by atoms with E-state index in [2.05, 4.69) is 0 Å². The van der Waals surface area contributed by atoms with Gasteiger partial charge >= 0.3 is 0 Å². The molecule has 0 radical (unpaired) electrons. The monoisotopic (exact) mass is 281 g/mol. The van der Waals surface area contributed by atoms with Crippen molar-refractivity contribution >= 4 is 5.69 Å². The van der Waals surface area contributed by atoms with Gasteiger partial charge in [-0.05, 0) is 43.2 Å². The standard InChI is InChI=1S/C18H20FN/c19-15-9-3-6-12-18(15)20-16-10-4-1-7-13(16)14-8-2-5-11-17(14)20/h1,3-4,6,9-10,12-14,17H,2,5,7-8,11H2/i2D2,5D2,7D2,8D2,11D2,13D,14D. The van der Waals surface area contributed by atoms with E-state index in [0.29, 0.717) is 0 Å². The van der Waals surface area contributed by atoms with E-state index in [1.54, 1.807) is 0 Å². The fraction of sp³-hybridized carbons (Fsp3) is 0.444. The summed E-state index contributed by atoms with van der Waals surface area (Å²) in [6, 6.07) is 2.63. The van der Waals surface area contributed by atoms with Gasteiger partial charge in [0.2, 0.25) is 0 Å². The molecule has 104 valence electrons. The molecule has 1 aromatic rings. The van der Waals surface area contributed by atoms with Crippen molar-refractivity contribution in [3.8, 4) is 0 Å². The van der Waals surface area contributed by atoms with Gasteiger partial charge in [-0.2, -0.15) is 0 Å². The lowest BCUT2D eigenvalue weighted by Crippen LogP contribution is -2.34. The molecule has 3 aliphatic rings. The minimum absolute atomic E-state index is 0.390. The molecule has 0 N–H and O–H groups in total. The van der Waals surface area contributed by atoms with Crippen molar-refractivity contribution in [1.29, 1.82) is 0 Å². The lowest BCUT2D eigenvalue weighted by Gasteiger charge is -2.33. The van der Waals surface area contributed by atoms with Gasteiger partial charge in [0.05, 0.1) is 5.69 Å². The van der Waals surface area contributed by atoms with Gasteiger partial charge in [0.25, 0.3) is 0 Å². The van der Waals surface area contributed by atoms with Crippen LogP contribution in [0.15, 0.2) is 48.2 Å². The molecule has 0 aromatic heterocycles. The fourth-order valence-electron chi connectivity index (χ4n) is 2.64. The molecule has 3 unspecified atom stereocenters. The molecule has 0 amide bonds. The number of halogens is 1. The van der Waals surface area contributed by atoms with Crippen LogP contribution in [0.3, 0.4) is 0 Å². The molecule has 1 saturated carbocycles. The third-order valence-corrected chi connectivity index (χ3v) is 3.48. The Kier molecular flexibility index (Phi) is 1.19. The molecule has 1 saturated heterocycles. The van der Waals surface area contributed by atoms with Crippen LogP contribution in [0.25, 0.3) is 0 Å². The summed E-state index contributed by atoms with van der Waals surface area (Å²) < 4.78 is 117. The van der Waals surface area contributed by atoms with Gasteiger partial charge in [-0.15, -0.1) is 0 Å². The average molecular weight is 281 g/mol. The van der Waals surface area contributed by atoms with E-state index in [1.165, 1.54) is 24.3 Å². The maximum absolute atomic E-state index is 14.9. The second-order valence-corrected chi connectivity index (χ2v) is 4.59. The molecule has 1 aromatic carbocycles. The maximum Gasteiger partial charge on any atom is 0.146 e. The Hall–Kier alpha value is -1.57. The summed E-state index contributed by atoms with van der Waals surface area (Å²) in [6.07, 6.45) is -13.6. The first-order chi connectivity index (χ1) is 14.4. The summed E-state index contributed by atoms with van der Waals surface area (Å²) in [4.78, 5) is 0.779. The predicted molar refractivity (Wildman–Crippen MR) is 80.0 cm³/mol. The molecule has 4 rings (SSSR count). The van der Waals surface area contributed by atoms with Crippen LogP contribution in [0.4, 0.5) is 10.1 Å². The van der Waals surface area contributed by atoms with Crippen LogP contribution < -0.4 is 4.90 Å². The average Bonchev–Trinajstić information content (AvgIpc) is 2.89. The van der Waals surface area contributed by atoms with E-state index in [-0.39, 0.29) is 0 Å². The van der Waals surface area contributed by atoms with E-state index in [9.17, 15) is 4.39 Å². The quantitative estimate of drug-likeness (QED) is 0.723. The van der Waals surface area contributed by atoms with Gasteiger partial charge in [0, 0.05) is 34.1 Å². The second-order valence-electron chi connectivity index (χ2n) is 4.59. The molecule has 2 aliphatic carbocycles. The number of nitrogens with zero attached hydrogens (tertiary/aromatic N) is 1. The molecule has 1 aliphatic heterocycles. The lowest BCUT2D eigenvalue weighted by molar-refractivity contribution is 0.286. The Morgan fingerprint density at radius 2 is 2.10 bits per heavy atom. The summed E-state index contributed by atoms with van der Waals surface area (Å²) in [5.74, 6) is -7.11. The van der Waals surface area contributed by atoms with Gasteiger partial charge in [0.1, 0.15) is 5.82 Å². The van der Waals surface area contributed by atoms with Gasteiger partial charge in [-0.25, -0.2) is 4.39 Å². The first kappa shape index (κ1) is 5.01. The summed E-state index contributed by atoms with van der Waals surface area (Å²) in [5, 5.41) is 0. The SMILES string of the molecule is [2H]C1([2H])C=CC=C2N(c3ccccc3F)C3C([2H])([2H])C([2H])([2H])C([2H])([2H])C([2H])([2H])C3([2H])C21[2H]. The highest BCUT2D eigenvalue weighted by atomic mass is 19.1. The molecule has 2 fully saturated rings. The molecule has 20 heavy (non-hydrogen) atoms. The van der Waals surface area contributed by atoms with Crippen molar-refractivity contribution in [2.24, 2.45) is 11.8 Å². The Balaban J connectivity index is 2.19. The zero-order valence-electron chi connectivity index (χ0n) is 22.4. The topological polar surface area (TPSA) is 3.24 Å². The third-order valence-electron chi connectivity index (χ3n) is 3.48. The van der Waals surface area contributed by atoms with Gasteiger partial charge in [-0.3, -0.25) is 0 Å². The normalized spacial score (nSPS) is 60.5. The van der Waals surface area contributed by atoms with E-state index in [4.69, 9.17) is 16.4 Å². The van der Waals surface area contributed by atoms with Crippen molar-refractivity contribution < 1.29 is 20.8 Å². The van der Waals surface area contributed by atoms with Crippen LogP contribution in [0.2, 0.25) is 0 Å². The van der Waals surface area contributed by atoms with Crippen molar-refractivity contribution in [3.63, 3.8) is 0 Å². The molecule has 1 heterocycles. The number of hydrogen-bond donors (Lipinski definition) is 0. The van der Waals surface area contributed by atoms with Crippen LogP contribution >= 0.6 is 0 Å². The number of anilines is 1. The Bertz CT molecular complexity index is 1050. The molecular formula is C18H20FN. The Labute approximate surface area is 136 Å². The van der Waals surface area contributed by atoms with Crippen molar-refractivity contribution in [2.45, 2.75) is 37.9 Å². The van der Waals surface area contributed by atoms with Crippen LogP contribution in [0, 0.1) is 17.6 Å². The minimum Gasteiger partial charge on any atom is -0.339 e. The highest BCUT2D eigenvalue weighted by Gasteiger charge is 2.46. The lowest BCUT2D eigenvalue weighted by atomic mass is 9.77. The van der Waals surface area contributed by atoms with Crippen LogP contribution in [-0.2, 0) is 0 Å². The summed E-state index contributed by atoms with van der Waals surface area (Å²) in [5.41, 5.74) is -0.838. The second kappa shape index (κ2) is 4.76. The van der Waals surface area contributed by atoms with Gasteiger partial charge in [0.15, 0.2) is 0 Å². The maximum atomic E-state index is 14.9. The smallest absolute Gasteiger partial charge is 0.146 e. The van der Waals surface area contributed by atoms with Crippen molar-refractivity contribution in [3.05, 3.63) is 54.0 Å². The highest BCUT2D eigenvalue weighted by molar-refractivity contribution is 5.58. The molecular weight excluding hydrogens is 249 g/mol. The van der Waals surface area contributed by atoms with Crippen LogP contribution in [0.5, 0.6) is 0 Å². The number of fused-ring (bicyclic) bond motifs is 3. The molecule has 1 nitrogen and oxygen atoms in total. The first-order valence-electron chi connectivity index (χ1n) is 12.3. The number of rotatable bonds is 1. The van der Waals surface area contributed by atoms with E-state index in [1.807, 2.05) is 0 Å². The van der Waals surface area contributed by atoms with Gasteiger partial charge < -0.3 is 4.90 Å². The van der Waals surface area contributed by atoms with E-state index in [0.717, 1.165) is 23.1 Å². The highest BCUT2D eigenvalue weighted by Crippen LogP contribution is 2.50. The summed E-state index contributed by atoms with van der Waals surface area (Å²) in [7, 11) is 0. The van der Waals surface area contributed by atoms with Crippen LogP contribution in [0.1, 0.15) is 48.3 Å². The van der Waals surface area contributed by atoms with Gasteiger partial charge in [-0.1, -0.05) is 37.0 Å². The zero-order chi connectivity index (χ0) is 24.3. The summed E-state index contributed by atoms with van der Waals surface area (Å²) in [6.45, 7) is 0. The minimum atomic E-state index is -3.64. The zero-order valence-corrected chi connectivity index (χ0v) is 10.4. The van der Waals surface area contributed by atoms with E-state index < -0.39 is 66.9 Å². The number of hydrogen-bond acceptors (Lipinski definition) is 1. The van der Waals surface area contributed by atoms with E-state index >= 15 is 0 Å². The van der Waals surface area contributed by atoms with Crippen LogP contribution in [-0.4, -0.2) is 6.04 Å². The predicted octanol–water partition coefficient (Wildman–Crippen LogP) is 4.66. The summed E-state index contributed by atoms with van der Waals surface area (Å²) >= 11 is 0. The Morgan fingerprint density at radius 3 is 3.00 bits per heavy atom. The molecule has 0 spiro atoms. The fourth-order valence-corrected chi connectivity index (χ4v) is 2.64. The Morgan fingerprint density at radius 1 is 1.25 bits per heavy atom. The molecule has 2 heteroatoms. The number of allylic oxidation sites excluding steroid dienone is 4. The number of benzene rings is 1. The van der Waals surface area contributed by atoms with Crippen molar-refractivity contribution in [1.82, 2.24) is 0 Å². The number of para-hydroxylation sites is 1. The molecule has 3 atom stereocenters.